The maximum atomic E-state index is 11.8. The van der Waals surface area contributed by atoms with Gasteiger partial charge in [0.25, 0.3) is 0 Å². The van der Waals surface area contributed by atoms with Crippen molar-refractivity contribution in [1.29, 1.82) is 0 Å². The highest BCUT2D eigenvalue weighted by Crippen LogP contribution is 2.22. The number of carbonyl (C=O) groups is 1. The zero-order valence-electron chi connectivity index (χ0n) is 10.3. The lowest BCUT2D eigenvalue weighted by atomic mass is 10.3. The predicted molar refractivity (Wildman–Crippen MR) is 69.3 cm³/mol. The Morgan fingerprint density at radius 3 is 3.06 bits per heavy atom. The molecular weight excluding hydrogens is 250 g/mol. The van der Waals surface area contributed by atoms with Crippen molar-refractivity contribution in [1.82, 2.24) is 15.3 Å². The number of hydrogen-bond donors (Lipinski definition) is 1. The van der Waals surface area contributed by atoms with E-state index in [1.54, 1.807) is 18.6 Å². The standard InChI is InChI=1S/C12H17N3O2S/c1-2-17-12(16)10(15-9-3-4-9)8-18-11-7-13-5-6-14-11/h5-7,9-10,15H,2-4,8H2,1H3. The number of aromatic nitrogens is 2. The molecule has 1 aromatic heterocycles. The van der Waals surface area contributed by atoms with Gasteiger partial charge in [0.15, 0.2) is 0 Å². The van der Waals surface area contributed by atoms with Crippen LogP contribution in [0.4, 0.5) is 0 Å². The van der Waals surface area contributed by atoms with Gasteiger partial charge in [0.05, 0.1) is 12.8 Å². The fraction of sp³-hybridized carbons (Fsp3) is 0.583. The van der Waals surface area contributed by atoms with Gasteiger partial charge < -0.3 is 10.1 Å². The summed E-state index contributed by atoms with van der Waals surface area (Å²) in [5, 5.41) is 4.13. The molecule has 0 amide bonds. The highest BCUT2D eigenvalue weighted by molar-refractivity contribution is 7.99. The second kappa shape index (κ2) is 6.70. The van der Waals surface area contributed by atoms with E-state index in [1.807, 2.05) is 6.92 Å². The maximum absolute atomic E-state index is 11.8. The van der Waals surface area contributed by atoms with Crippen LogP contribution in [0.5, 0.6) is 0 Å². The van der Waals surface area contributed by atoms with Crippen LogP contribution in [0.1, 0.15) is 19.8 Å². The molecule has 0 bridgehead atoms. The van der Waals surface area contributed by atoms with Gasteiger partial charge in [-0.1, -0.05) is 0 Å². The zero-order chi connectivity index (χ0) is 12.8. The lowest BCUT2D eigenvalue weighted by molar-refractivity contribution is -0.145. The Balaban J connectivity index is 1.85. The Morgan fingerprint density at radius 2 is 2.44 bits per heavy atom. The lowest BCUT2D eigenvalue weighted by Gasteiger charge is -2.16. The maximum Gasteiger partial charge on any atom is 0.324 e. The second-order valence-electron chi connectivity index (χ2n) is 4.10. The minimum Gasteiger partial charge on any atom is -0.465 e. The smallest absolute Gasteiger partial charge is 0.324 e. The average molecular weight is 267 g/mol. The molecule has 0 radical (unpaired) electrons. The highest BCUT2D eigenvalue weighted by Gasteiger charge is 2.29. The normalized spacial score (nSPS) is 16.3. The summed E-state index contributed by atoms with van der Waals surface area (Å²) in [6, 6.07) is 0.214. The van der Waals surface area contributed by atoms with Crippen molar-refractivity contribution in [2.24, 2.45) is 0 Å². The topological polar surface area (TPSA) is 64.1 Å². The fourth-order valence-corrected chi connectivity index (χ4v) is 2.33. The molecule has 6 heteroatoms. The van der Waals surface area contributed by atoms with Crippen LogP contribution < -0.4 is 5.32 Å². The first kappa shape index (κ1) is 13.3. The summed E-state index contributed by atoms with van der Waals surface area (Å²) in [4.78, 5) is 20.0. The quantitative estimate of drug-likeness (QED) is 0.592. The van der Waals surface area contributed by atoms with Gasteiger partial charge in [0, 0.05) is 24.2 Å². The van der Waals surface area contributed by atoms with E-state index < -0.39 is 0 Å². The largest absolute Gasteiger partial charge is 0.465 e. The summed E-state index contributed by atoms with van der Waals surface area (Å²) in [5.41, 5.74) is 0. The number of thioether (sulfide) groups is 1. The van der Waals surface area contributed by atoms with Gasteiger partial charge in [-0.15, -0.1) is 11.8 Å². The third-order valence-corrected chi connectivity index (χ3v) is 3.53. The van der Waals surface area contributed by atoms with Gasteiger partial charge >= 0.3 is 5.97 Å². The van der Waals surface area contributed by atoms with Crippen LogP contribution in [-0.4, -0.2) is 40.4 Å². The highest BCUT2D eigenvalue weighted by atomic mass is 32.2. The molecular formula is C12H17N3O2S. The Hall–Kier alpha value is -1.14. The van der Waals surface area contributed by atoms with E-state index in [4.69, 9.17) is 4.74 Å². The number of carbonyl (C=O) groups excluding carboxylic acids is 1. The minimum absolute atomic E-state index is 0.180. The van der Waals surface area contributed by atoms with Gasteiger partial charge in [-0.05, 0) is 19.8 Å². The van der Waals surface area contributed by atoms with Crippen molar-refractivity contribution in [3.05, 3.63) is 18.6 Å². The molecule has 18 heavy (non-hydrogen) atoms. The van der Waals surface area contributed by atoms with Crippen LogP contribution in [-0.2, 0) is 9.53 Å². The SMILES string of the molecule is CCOC(=O)C(CSc1cnccn1)NC1CC1. The molecule has 1 aliphatic carbocycles. The molecule has 0 saturated heterocycles. The summed E-state index contributed by atoms with van der Waals surface area (Å²) < 4.78 is 5.07. The molecule has 0 spiro atoms. The van der Waals surface area contributed by atoms with Crippen LogP contribution in [0.2, 0.25) is 0 Å². The molecule has 1 aliphatic rings. The van der Waals surface area contributed by atoms with Crippen LogP contribution in [0.25, 0.3) is 0 Å². The van der Waals surface area contributed by atoms with E-state index in [2.05, 4.69) is 15.3 Å². The first-order valence-electron chi connectivity index (χ1n) is 6.11. The van der Waals surface area contributed by atoms with Crippen LogP contribution in [0.15, 0.2) is 23.6 Å². The lowest BCUT2D eigenvalue weighted by Crippen LogP contribution is -2.41. The number of nitrogens with one attached hydrogen (secondary N) is 1. The van der Waals surface area contributed by atoms with Crippen LogP contribution in [0, 0.1) is 0 Å². The van der Waals surface area contributed by atoms with Crippen LogP contribution >= 0.6 is 11.8 Å². The summed E-state index contributed by atoms with van der Waals surface area (Å²) in [5.74, 6) is 0.439. The van der Waals surface area contributed by atoms with E-state index in [0.29, 0.717) is 18.4 Å². The monoisotopic (exact) mass is 267 g/mol. The van der Waals surface area contributed by atoms with E-state index in [-0.39, 0.29) is 12.0 Å². The zero-order valence-corrected chi connectivity index (χ0v) is 11.2. The molecule has 5 nitrogen and oxygen atoms in total. The van der Waals surface area contributed by atoms with Crippen molar-refractivity contribution in [3.63, 3.8) is 0 Å². The summed E-state index contributed by atoms with van der Waals surface area (Å²) in [6.07, 6.45) is 7.27. The molecule has 1 atom stereocenters. The molecule has 1 fully saturated rings. The van der Waals surface area contributed by atoms with Gasteiger partial charge in [-0.25, -0.2) is 4.98 Å². The first-order chi connectivity index (χ1) is 8.79. The molecule has 2 rings (SSSR count). The molecule has 1 N–H and O–H groups in total. The molecule has 0 aromatic carbocycles. The second-order valence-corrected chi connectivity index (χ2v) is 5.14. The first-order valence-corrected chi connectivity index (χ1v) is 7.09. The number of nitrogens with zero attached hydrogens (tertiary/aromatic N) is 2. The Bertz CT molecular complexity index is 384. The van der Waals surface area contributed by atoms with Gasteiger partial charge in [0.2, 0.25) is 0 Å². The van der Waals surface area contributed by atoms with E-state index >= 15 is 0 Å². The Morgan fingerprint density at radius 1 is 1.61 bits per heavy atom. The average Bonchev–Trinajstić information content (AvgIpc) is 3.20. The predicted octanol–water partition coefficient (Wildman–Crippen LogP) is 1.25. The van der Waals surface area contributed by atoms with Gasteiger partial charge in [-0.2, -0.15) is 0 Å². The third-order valence-electron chi connectivity index (χ3n) is 2.52. The van der Waals surface area contributed by atoms with E-state index in [0.717, 1.165) is 17.9 Å². The third kappa shape index (κ3) is 4.27. The van der Waals surface area contributed by atoms with Gasteiger partial charge in [0.1, 0.15) is 11.1 Å². The van der Waals surface area contributed by atoms with E-state index in [1.165, 1.54) is 11.8 Å². The number of ether oxygens (including phenoxy) is 1. The summed E-state index contributed by atoms with van der Waals surface area (Å²) in [6.45, 7) is 2.24. The summed E-state index contributed by atoms with van der Waals surface area (Å²) >= 11 is 1.52. The van der Waals surface area contributed by atoms with Crippen molar-refractivity contribution in [3.8, 4) is 0 Å². The number of hydrogen-bond acceptors (Lipinski definition) is 6. The minimum atomic E-state index is -0.260. The molecule has 1 unspecified atom stereocenters. The molecule has 98 valence electrons. The number of esters is 1. The van der Waals surface area contributed by atoms with Gasteiger partial charge in [-0.3, -0.25) is 9.78 Å². The molecule has 0 aliphatic heterocycles. The molecule has 1 saturated carbocycles. The van der Waals surface area contributed by atoms with Crippen molar-refractivity contribution in [2.75, 3.05) is 12.4 Å². The Kier molecular flexibility index (Phi) is 4.95. The van der Waals surface area contributed by atoms with Crippen molar-refractivity contribution >= 4 is 17.7 Å². The Labute approximate surface area is 111 Å². The molecule has 1 aromatic rings. The van der Waals surface area contributed by atoms with Crippen molar-refractivity contribution in [2.45, 2.75) is 36.9 Å². The van der Waals surface area contributed by atoms with Crippen molar-refractivity contribution < 1.29 is 9.53 Å². The molecule has 1 heterocycles. The van der Waals surface area contributed by atoms with Crippen LogP contribution in [0.3, 0.4) is 0 Å². The van der Waals surface area contributed by atoms with E-state index in [9.17, 15) is 4.79 Å². The fourth-order valence-electron chi connectivity index (χ4n) is 1.49. The number of rotatable bonds is 7. The summed E-state index contributed by atoms with van der Waals surface area (Å²) in [7, 11) is 0.